The summed E-state index contributed by atoms with van der Waals surface area (Å²) in [6.45, 7) is 13.7. The molecule has 39 heavy (non-hydrogen) atoms. The Labute approximate surface area is 236 Å². The molecule has 0 aliphatic heterocycles. The van der Waals surface area contributed by atoms with E-state index in [1.54, 1.807) is 6.07 Å². The first-order valence-electron chi connectivity index (χ1n) is 14.6. The molecule has 0 saturated heterocycles. The van der Waals surface area contributed by atoms with Crippen LogP contribution in [0, 0.1) is 0 Å². The molecule has 1 aliphatic rings. The average Bonchev–Trinajstić information content (AvgIpc) is 2.87. The number of hydrogen-bond acceptors (Lipinski definition) is 5. The molecule has 1 saturated carbocycles. The third-order valence-electron chi connectivity index (χ3n) is 8.41. The van der Waals surface area contributed by atoms with E-state index in [4.69, 9.17) is 4.43 Å². The molecule has 7 heteroatoms. The van der Waals surface area contributed by atoms with Crippen molar-refractivity contribution in [1.29, 1.82) is 0 Å². The number of aliphatic hydroxyl groups is 1. The van der Waals surface area contributed by atoms with Crippen LogP contribution in [0.3, 0.4) is 0 Å². The lowest BCUT2D eigenvalue weighted by molar-refractivity contribution is -0.121. The molecule has 2 aromatic rings. The van der Waals surface area contributed by atoms with Crippen molar-refractivity contribution in [2.75, 3.05) is 6.54 Å². The Balaban J connectivity index is 1.63. The van der Waals surface area contributed by atoms with E-state index in [-0.39, 0.29) is 35.4 Å². The summed E-state index contributed by atoms with van der Waals surface area (Å²) in [4.78, 5) is 12.6. The van der Waals surface area contributed by atoms with Gasteiger partial charge in [0.05, 0.1) is 19.1 Å². The second-order valence-electron chi connectivity index (χ2n) is 12.8. The van der Waals surface area contributed by atoms with Crippen LogP contribution in [0.2, 0.25) is 18.1 Å². The van der Waals surface area contributed by atoms with Crippen molar-refractivity contribution in [2.24, 2.45) is 0 Å². The number of aromatic hydroxyl groups is 1. The second kappa shape index (κ2) is 13.9. The number of aliphatic hydroxyl groups excluding tert-OH is 1. The van der Waals surface area contributed by atoms with Crippen molar-refractivity contribution < 1.29 is 19.4 Å². The van der Waals surface area contributed by atoms with Crippen LogP contribution in [0.15, 0.2) is 42.5 Å². The fourth-order valence-corrected chi connectivity index (χ4v) is 6.29. The van der Waals surface area contributed by atoms with Crippen LogP contribution < -0.4 is 10.6 Å². The molecule has 1 aliphatic carbocycles. The van der Waals surface area contributed by atoms with Gasteiger partial charge in [-0.05, 0) is 73.1 Å². The van der Waals surface area contributed by atoms with Crippen LogP contribution in [-0.2, 0) is 28.7 Å². The van der Waals surface area contributed by atoms with Crippen LogP contribution in [0.5, 0.6) is 5.75 Å². The summed E-state index contributed by atoms with van der Waals surface area (Å²) < 4.78 is 6.82. The first-order chi connectivity index (χ1) is 18.4. The van der Waals surface area contributed by atoms with E-state index in [1.165, 1.54) is 24.8 Å². The SMILES string of the molecule is C[C@H](Cc1cccc(CC(=O)NC2CCCCC2)c1)NC[C@@H](O[Si](C)(C)C(C)(C)C)c1ccc(O)c(CO)c1. The first-order valence-corrected chi connectivity index (χ1v) is 17.5. The largest absolute Gasteiger partial charge is 0.508 e. The smallest absolute Gasteiger partial charge is 0.224 e. The quantitative estimate of drug-likeness (QED) is 0.236. The molecule has 0 radical (unpaired) electrons. The van der Waals surface area contributed by atoms with Crippen LogP contribution in [-0.4, -0.2) is 43.1 Å². The van der Waals surface area contributed by atoms with Crippen LogP contribution in [0.1, 0.15) is 88.2 Å². The Morgan fingerprint density at radius 1 is 1.08 bits per heavy atom. The van der Waals surface area contributed by atoms with Gasteiger partial charge in [-0.1, -0.05) is 70.4 Å². The van der Waals surface area contributed by atoms with Gasteiger partial charge in [0.1, 0.15) is 5.75 Å². The normalized spacial score (nSPS) is 16.6. The second-order valence-corrected chi connectivity index (χ2v) is 17.6. The van der Waals surface area contributed by atoms with Crippen molar-refractivity contribution in [1.82, 2.24) is 10.6 Å². The highest BCUT2D eigenvalue weighted by Gasteiger charge is 2.39. The molecule has 0 spiro atoms. The maximum atomic E-state index is 12.6. The minimum atomic E-state index is -2.08. The molecule has 0 heterocycles. The molecule has 1 fully saturated rings. The van der Waals surface area contributed by atoms with Gasteiger partial charge in [-0.3, -0.25) is 4.79 Å². The third-order valence-corrected chi connectivity index (χ3v) is 12.9. The number of carbonyl (C=O) groups is 1. The van der Waals surface area contributed by atoms with Crippen LogP contribution in [0.4, 0.5) is 0 Å². The zero-order valence-corrected chi connectivity index (χ0v) is 25.8. The fourth-order valence-electron chi connectivity index (χ4n) is 5.00. The van der Waals surface area contributed by atoms with Crippen molar-refractivity contribution in [3.05, 3.63) is 64.7 Å². The summed E-state index contributed by atoms with van der Waals surface area (Å²) in [7, 11) is -2.08. The van der Waals surface area contributed by atoms with E-state index >= 15 is 0 Å². The Morgan fingerprint density at radius 2 is 1.77 bits per heavy atom. The lowest BCUT2D eigenvalue weighted by atomic mass is 9.95. The molecule has 0 aromatic heterocycles. The van der Waals surface area contributed by atoms with Gasteiger partial charge in [0, 0.05) is 24.2 Å². The summed E-state index contributed by atoms with van der Waals surface area (Å²) in [6, 6.07) is 14.3. The van der Waals surface area contributed by atoms with Crippen molar-refractivity contribution in [3.8, 4) is 5.75 Å². The summed E-state index contributed by atoms with van der Waals surface area (Å²) in [5.41, 5.74) is 3.71. The number of rotatable bonds is 12. The van der Waals surface area contributed by atoms with Crippen molar-refractivity contribution in [2.45, 2.75) is 116 Å². The van der Waals surface area contributed by atoms with Crippen molar-refractivity contribution >= 4 is 14.2 Å². The highest BCUT2D eigenvalue weighted by atomic mass is 28.4. The third kappa shape index (κ3) is 9.45. The monoisotopic (exact) mass is 554 g/mol. The lowest BCUT2D eigenvalue weighted by Crippen LogP contribution is -2.44. The summed E-state index contributed by atoms with van der Waals surface area (Å²) in [5.74, 6) is 0.216. The molecule has 1 amide bonds. The highest BCUT2D eigenvalue weighted by molar-refractivity contribution is 6.74. The van der Waals surface area contributed by atoms with Gasteiger partial charge in [0.2, 0.25) is 5.91 Å². The van der Waals surface area contributed by atoms with E-state index < -0.39 is 8.32 Å². The van der Waals surface area contributed by atoms with Gasteiger partial charge in [-0.2, -0.15) is 0 Å². The Kier molecular flexibility index (Phi) is 11.2. The molecule has 216 valence electrons. The average molecular weight is 555 g/mol. The van der Waals surface area contributed by atoms with E-state index in [2.05, 4.69) is 63.6 Å². The molecule has 0 bridgehead atoms. The topological polar surface area (TPSA) is 90.8 Å². The first kappa shape index (κ1) is 31.3. The Hall–Kier alpha value is -2.19. The number of phenols is 1. The fraction of sp³-hybridized carbons (Fsp3) is 0.594. The predicted molar refractivity (Wildman–Crippen MR) is 161 cm³/mol. The Morgan fingerprint density at radius 3 is 2.44 bits per heavy atom. The molecule has 2 aromatic carbocycles. The van der Waals surface area contributed by atoms with Gasteiger partial charge >= 0.3 is 0 Å². The van der Waals surface area contributed by atoms with Gasteiger partial charge in [0.15, 0.2) is 8.32 Å². The predicted octanol–water partition coefficient (Wildman–Crippen LogP) is 6.16. The summed E-state index contributed by atoms with van der Waals surface area (Å²) >= 11 is 0. The number of amides is 1. The number of hydrogen-bond donors (Lipinski definition) is 4. The molecule has 4 N–H and O–H groups in total. The Bertz CT molecular complexity index is 1080. The minimum Gasteiger partial charge on any atom is -0.508 e. The molecular formula is C32H50N2O4Si. The van der Waals surface area contributed by atoms with E-state index in [0.717, 1.165) is 30.4 Å². The highest BCUT2D eigenvalue weighted by Crippen LogP contribution is 2.40. The molecule has 2 atom stereocenters. The van der Waals surface area contributed by atoms with Gasteiger partial charge in [0.25, 0.3) is 0 Å². The van der Waals surface area contributed by atoms with Gasteiger partial charge < -0.3 is 25.3 Å². The zero-order chi connectivity index (χ0) is 28.6. The maximum Gasteiger partial charge on any atom is 0.224 e. The molecular weight excluding hydrogens is 504 g/mol. The van der Waals surface area contributed by atoms with Gasteiger partial charge in [-0.25, -0.2) is 0 Å². The number of carbonyl (C=O) groups excluding carboxylic acids is 1. The summed E-state index contributed by atoms with van der Waals surface area (Å²) in [6.07, 6.45) is 6.95. The maximum absolute atomic E-state index is 12.6. The standard InChI is InChI=1S/C32H50N2O4Si/c1-23(17-24-11-10-12-25(18-24)19-31(37)34-28-13-8-7-9-14-28)33-21-30(38-39(5,6)32(2,3)4)26-15-16-29(36)27(20-26)22-35/h10-12,15-16,18,20,23,28,30,33,35-36H,7-9,13-14,17,19,21-22H2,1-6H3,(H,34,37)/t23-,30-/m1/s1. The molecule has 0 unspecified atom stereocenters. The van der Waals surface area contributed by atoms with Crippen LogP contribution in [0.25, 0.3) is 0 Å². The zero-order valence-electron chi connectivity index (χ0n) is 24.8. The molecule has 3 rings (SSSR count). The molecule has 6 nitrogen and oxygen atoms in total. The lowest BCUT2D eigenvalue weighted by Gasteiger charge is -2.40. The number of nitrogens with one attached hydrogen (secondary N) is 2. The van der Waals surface area contributed by atoms with E-state index in [1.807, 2.05) is 24.3 Å². The van der Waals surface area contributed by atoms with Crippen LogP contribution >= 0.6 is 0 Å². The van der Waals surface area contributed by atoms with E-state index in [9.17, 15) is 15.0 Å². The summed E-state index contributed by atoms with van der Waals surface area (Å²) in [5, 5.41) is 26.7. The van der Waals surface area contributed by atoms with Crippen molar-refractivity contribution in [3.63, 3.8) is 0 Å². The number of benzene rings is 2. The minimum absolute atomic E-state index is 0.0529. The van der Waals surface area contributed by atoms with Gasteiger partial charge in [-0.15, -0.1) is 0 Å². The van der Waals surface area contributed by atoms with E-state index in [0.29, 0.717) is 24.6 Å².